The number of pyridine rings is 1. The Hall–Kier alpha value is -0.773. The van der Waals surface area contributed by atoms with Gasteiger partial charge in [-0.15, -0.1) is 0 Å². The van der Waals surface area contributed by atoms with E-state index in [0.29, 0.717) is 5.92 Å². The average Bonchev–Trinajstić information content (AvgIpc) is 2.74. The average molecular weight is 204 g/mol. The summed E-state index contributed by atoms with van der Waals surface area (Å²) in [6.07, 6.45) is 13.5. The van der Waals surface area contributed by atoms with Gasteiger partial charge in [-0.3, -0.25) is 4.98 Å². The minimum atomic E-state index is 0. The fourth-order valence-corrected chi connectivity index (χ4v) is 2.82. The van der Waals surface area contributed by atoms with E-state index in [0.717, 1.165) is 11.8 Å². The number of rotatable bonds is 1. The summed E-state index contributed by atoms with van der Waals surface area (Å²) in [6, 6.07) is 6.25. The Balaban J connectivity index is 0.000000963. The molecule has 2 heteroatoms. The Labute approximate surface area is 109 Å². The molecule has 2 aliphatic carbocycles. The molecule has 16 heavy (non-hydrogen) atoms. The van der Waals surface area contributed by atoms with Crippen LogP contribution >= 0.6 is 0 Å². The molecule has 0 bridgehead atoms. The number of fused-ring (bicyclic) bond motifs is 1. The molecule has 1 nitrogen and oxygen atoms in total. The van der Waals surface area contributed by atoms with Gasteiger partial charge in [-0.1, -0.05) is 30.4 Å². The smallest absolute Gasteiger partial charge is 0.261 e. The molecular weight excluding hydrogens is 189 g/mol. The Bertz CT molecular complexity index is 376. The first-order valence-electron chi connectivity index (χ1n) is 5.69. The van der Waals surface area contributed by atoms with Crippen molar-refractivity contribution in [2.75, 3.05) is 0 Å². The molecule has 0 radical (unpaired) electrons. The van der Waals surface area contributed by atoms with Gasteiger partial charge in [0.25, 0.3) is 0 Å². The molecule has 1 aromatic heterocycles. The molecule has 1 fully saturated rings. The monoisotopic (exact) mass is 204 g/mol. The molecule has 2 unspecified atom stereocenters. The van der Waals surface area contributed by atoms with Crippen molar-refractivity contribution in [3.8, 4) is 0 Å². The van der Waals surface area contributed by atoms with Crippen molar-refractivity contribution in [1.29, 1.82) is 0 Å². The van der Waals surface area contributed by atoms with Gasteiger partial charge in [-0.05, 0) is 36.8 Å². The molecule has 76 valence electrons. The first-order valence-corrected chi connectivity index (χ1v) is 5.69. The quantitative estimate of drug-likeness (QED) is 0.600. The molecule has 2 aliphatic rings. The van der Waals surface area contributed by atoms with Gasteiger partial charge in [0.05, 0.1) is 0 Å². The maximum Gasteiger partial charge on any atom is 1.00 e. The first kappa shape index (κ1) is 11.7. The van der Waals surface area contributed by atoms with Gasteiger partial charge >= 0.3 is 18.9 Å². The standard InChI is InChI=1S/C14H15N.Li/c1-2-6-12-10-13(9-11(12)5-1)14-7-3-4-8-15-14;/h1-8,11-13H,9-10H2;/q;+1. The second kappa shape index (κ2) is 5.04. The van der Waals surface area contributed by atoms with Crippen molar-refractivity contribution in [3.63, 3.8) is 0 Å². The minimum absolute atomic E-state index is 0. The SMILES string of the molecule is C1=CC2CC(c3ccccn3)CC2C=C1.[Li+]. The number of nitrogens with zero attached hydrogens (tertiary/aromatic N) is 1. The van der Waals surface area contributed by atoms with Gasteiger partial charge in [-0.25, -0.2) is 0 Å². The summed E-state index contributed by atoms with van der Waals surface area (Å²) < 4.78 is 0. The largest absolute Gasteiger partial charge is 1.00 e. The van der Waals surface area contributed by atoms with E-state index in [-0.39, 0.29) is 18.9 Å². The summed E-state index contributed by atoms with van der Waals surface area (Å²) in [5, 5.41) is 0. The van der Waals surface area contributed by atoms with Gasteiger partial charge in [0, 0.05) is 17.8 Å². The zero-order valence-corrected chi connectivity index (χ0v) is 9.71. The van der Waals surface area contributed by atoms with Crippen LogP contribution in [-0.2, 0) is 0 Å². The van der Waals surface area contributed by atoms with Crippen LogP contribution < -0.4 is 18.9 Å². The molecule has 2 atom stereocenters. The van der Waals surface area contributed by atoms with Gasteiger partial charge in [0.1, 0.15) is 0 Å². The first-order chi connectivity index (χ1) is 7.43. The Kier molecular flexibility index (Phi) is 3.69. The molecule has 3 rings (SSSR count). The maximum absolute atomic E-state index is 4.47. The Morgan fingerprint density at radius 1 is 1.00 bits per heavy atom. The van der Waals surface area contributed by atoms with Crippen LogP contribution in [0.2, 0.25) is 0 Å². The summed E-state index contributed by atoms with van der Waals surface area (Å²) in [6.45, 7) is 0. The Morgan fingerprint density at radius 3 is 2.25 bits per heavy atom. The molecule has 0 spiro atoms. The van der Waals surface area contributed by atoms with E-state index in [9.17, 15) is 0 Å². The van der Waals surface area contributed by atoms with E-state index in [4.69, 9.17) is 0 Å². The van der Waals surface area contributed by atoms with Crippen LogP contribution in [-0.4, -0.2) is 4.98 Å². The molecule has 1 heterocycles. The van der Waals surface area contributed by atoms with Gasteiger partial charge < -0.3 is 0 Å². The van der Waals surface area contributed by atoms with E-state index in [1.54, 1.807) is 0 Å². The summed E-state index contributed by atoms with van der Waals surface area (Å²) >= 11 is 0. The fraction of sp³-hybridized carbons (Fsp3) is 0.357. The summed E-state index contributed by atoms with van der Waals surface area (Å²) in [5.41, 5.74) is 1.27. The molecule has 1 aromatic rings. The fourth-order valence-electron chi connectivity index (χ4n) is 2.82. The predicted octanol–water partition coefficient (Wildman–Crippen LogP) is 0.321. The normalized spacial score (nSPS) is 30.9. The van der Waals surface area contributed by atoms with Crippen LogP contribution in [0, 0.1) is 11.8 Å². The van der Waals surface area contributed by atoms with E-state index < -0.39 is 0 Å². The van der Waals surface area contributed by atoms with Crippen molar-refractivity contribution in [2.24, 2.45) is 11.8 Å². The molecule has 0 aromatic carbocycles. The third-order valence-corrected chi connectivity index (χ3v) is 3.60. The number of hydrogen-bond acceptors (Lipinski definition) is 1. The third kappa shape index (κ3) is 2.16. The van der Waals surface area contributed by atoms with Crippen LogP contribution in [0.3, 0.4) is 0 Å². The topological polar surface area (TPSA) is 12.9 Å². The number of aromatic nitrogens is 1. The van der Waals surface area contributed by atoms with Crippen LogP contribution in [0.15, 0.2) is 48.7 Å². The third-order valence-electron chi connectivity index (χ3n) is 3.60. The van der Waals surface area contributed by atoms with E-state index in [2.05, 4.69) is 41.4 Å². The summed E-state index contributed by atoms with van der Waals surface area (Å²) in [5.74, 6) is 2.16. The Morgan fingerprint density at radius 2 is 1.69 bits per heavy atom. The van der Waals surface area contributed by atoms with Crippen molar-refractivity contribution < 1.29 is 18.9 Å². The van der Waals surface area contributed by atoms with Gasteiger partial charge in [-0.2, -0.15) is 0 Å². The van der Waals surface area contributed by atoms with Crippen molar-refractivity contribution in [1.82, 2.24) is 4.98 Å². The van der Waals surface area contributed by atoms with Crippen molar-refractivity contribution in [3.05, 3.63) is 54.4 Å². The molecule has 0 saturated heterocycles. The van der Waals surface area contributed by atoms with Crippen molar-refractivity contribution >= 4 is 0 Å². The van der Waals surface area contributed by atoms with Crippen LogP contribution in [0.5, 0.6) is 0 Å². The van der Waals surface area contributed by atoms with Crippen LogP contribution in [0.25, 0.3) is 0 Å². The van der Waals surface area contributed by atoms with E-state index >= 15 is 0 Å². The van der Waals surface area contributed by atoms with Gasteiger partial charge in [0.15, 0.2) is 0 Å². The second-order valence-electron chi connectivity index (χ2n) is 4.52. The van der Waals surface area contributed by atoms with Crippen molar-refractivity contribution in [2.45, 2.75) is 18.8 Å². The molecule has 0 N–H and O–H groups in total. The zero-order valence-electron chi connectivity index (χ0n) is 9.71. The number of hydrogen-bond donors (Lipinski definition) is 0. The predicted molar refractivity (Wildman–Crippen MR) is 61.5 cm³/mol. The molecule has 0 amide bonds. The zero-order chi connectivity index (χ0) is 10.1. The van der Waals surface area contributed by atoms with E-state index in [1.165, 1.54) is 18.5 Å². The van der Waals surface area contributed by atoms with E-state index in [1.807, 2.05) is 12.3 Å². The minimum Gasteiger partial charge on any atom is -0.261 e. The summed E-state index contributed by atoms with van der Waals surface area (Å²) in [7, 11) is 0. The summed E-state index contributed by atoms with van der Waals surface area (Å²) in [4.78, 5) is 4.47. The molecule has 1 saturated carbocycles. The second-order valence-corrected chi connectivity index (χ2v) is 4.52. The molecular formula is C14H15LiN+. The van der Waals surface area contributed by atoms with Crippen LogP contribution in [0.1, 0.15) is 24.5 Å². The molecule has 0 aliphatic heterocycles. The maximum atomic E-state index is 4.47. The van der Waals surface area contributed by atoms with Crippen LogP contribution in [0.4, 0.5) is 0 Å². The van der Waals surface area contributed by atoms with Gasteiger partial charge in [0.2, 0.25) is 0 Å². The number of allylic oxidation sites excluding steroid dienone is 4.